The summed E-state index contributed by atoms with van der Waals surface area (Å²) in [5.41, 5.74) is -0.920. The van der Waals surface area contributed by atoms with E-state index >= 15 is 0 Å². The van der Waals surface area contributed by atoms with Crippen molar-refractivity contribution in [2.45, 2.75) is 50.9 Å². The van der Waals surface area contributed by atoms with E-state index in [0.29, 0.717) is 25.9 Å². The highest BCUT2D eigenvalue weighted by atomic mass is 19.4. The number of nitrogens with zero attached hydrogens (tertiary/aromatic N) is 6. The van der Waals surface area contributed by atoms with Gasteiger partial charge in [0.15, 0.2) is 5.69 Å². The predicted octanol–water partition coefficient (Wildman–Crippen LogP) is 2.70. The number of piperidine rings is 1. The van der Waals surface area contributed by atoms with Crippen molar-refractivity contribution in [2.24, 2.45) is 0 Å². The maximum absolute atomic E-state index is 12.7. The first-order valence-corrected chi connectivity index (χ1v) is 9.02. The number of hydrogen-bond donors (Lipinski definition) is 1. The molecule has 0 radical (unpaired) electrons. The third-order valence-corrected chi connectivity index (χ3v) is 4.94. The molecule has 4 rings (SSSR count). The molecule has 2 aromatic heterocycles. The number of likely N-dealkylation sites (tertiary alicyclic amines) is 1. The lowest BCUT2D eigenvalue weighted by Gasteiger charge is -2.32. The fourth-order valence-electron chi connectivity index (χ4n) is 3.56. The molecule has 2 aromatic rings. The molecule has 2 aliphatic heterocycles. The van der Waals surface area contributed by atoms with E-state index in [9.17, 15) is 18.0 Å². The van der Waals surface area contributed by atoms with Gasteiger partial charge >= 0.3 is 12.2 Å². The Morgan fingerprint density at radius 2 is 2.04 bits per heavy atom. The minimum Gasteiger partial charge on any atom is -0.322 e. The van der Waals surface area contributed by atoms with E-state index in [0.717, 1.165) is 37.7 Å². The molecule has 0 bridgehead atoms. The summed E-state index contributed by atoms with van der Waals surface area (Å²) in [5, 5.41) is 10.6. The van der Waals surface area contributed by atoms with Gasteiger partial charge in [0, 0.05) is 32.3 Å². The van der Waals surface area contributed by atoms with E-state index in [1.54, 1.807) is 9.58 Å². The van der Waals surface area contributed by atoms with Gasteiger partial charge in [0.1, 0.15) is 5.82 Å². The van der Waals surface area contributed by atoms with Crippen LogP contribution in [0.1, 0.15) is 43.2 Å². The number of hydrogen-bond acceptors (Lipinski definition) is 4. The zero-order chi connectivity index (χ0) is 19.0. The Morgan fingerprint density at radius 3 is 2.78 bits per heavy atom. The Kier molecular flexibility index (Phi) is 4.52. The number of alkyl halides is 3. The molecule has 1 atom stereocenters. The highest BCUT2D eigenvalue weighted by Gasteiger charge is 2.35. The molecule has 8 nitrogen and oxygen atoms in total. The number of fused-ring (bicyclic) bond motifs is 1. The van der Waals surface area contributed by atoms with E-state index in [2.05, 4.69) is 20.5 Å². The van der Waals surface area contributed by atoms with Gasteiger partial charge in [0.05, 0.1) is 6.04 Å². The standard InChI is InChI=1S/C16H20F3N7O/c17-16(18,19)12-6-9-25(22-12)11-4-3-7-24(10-11)15(27)21-14-20-13-5-1-2-8-26(13)23-14/h6,9,11H,1-5,7-8,10H2,(H,21,23,27). The molecule has 1 fully saturated rings. The van der Waals surface area contributed by atoms with Gasteiger partial charge in [-0.15, -0.1) is 5.10 Å². The van der Waals surface area contributed by atoms with E-state index in [-0.39, 0.29) is 18.0 Å². The summed E-state index contributed by atoms with van der Waals surface area (Å²) in [7, 11) is 0. The third-order valence-electron chi connectivity index (χ3n) is 4.94. The highest BCUT2D eigenvalue weighted by molar-refractivity contribution is 5.87. The topological polar surface area (TPSA) is 80.9 Å². The van der Waals surface area contributed by atoms with Crippen molar-refractivity contribution in [3.8, 4) is 0 Å². The van der Waals surface area contributed by atoms with Crippen LogP contribution in [-0.4, -0.2) is 48.6 Å². The summed E-state index contributed by atoms with van der Waals surface area (Å²) in [6.45, 7) is 1.62. The number of rotatable bonds is 2. The fourth-order valence-corrected chi connectivity index (χ4v) is 3.56. The minimum atomic E-state index is -4.47. The summed E-state index contributed by atoms with van der Waals surface area (Å²) in [4.78, 5) is 18.5. The first kappa shape index (κ1) is 17.8. The zero-order valence-corrected chi connectivity index (χ0v) is 14.6. The Balaban J connectivity index is 1.41. The average Bonchev–Trinajstić information content (AvgIpc) is 3.28. The molecular weight excluding hydrogens is 363 g/mol. The van der Waals surface area contributed by atoms with E-state index in [1.807, 2.05) is 0 Å². The van der Waals surface area contributed by atoms with Crippen LogP contribution in [0.5, 0.6) is 0 Å². The SMILES string of the molecule is O=C(Nc1nc2n(n1)CCCC2)N1CCCC(n2ccc(C(F)(F)F)n2)C1. The van der Waals surface area contributed by atoms with Gasteiger partial charge in [-0.25, -0.2) is 9.48 Å². The van der Waals surface area contributed by atoms with Crippen LogP contribution >= 0.6 is 0 Å². The van der Waals surface area contributed by atoms with Crippen LogP contribution in [0.25, 0.3) is 0 Å². The molecule has 146 valence electrons. The van der Waals surface area contributed by atoms with E-state index < -0.39 is 11.9 Å². The molecule has 0 spiro atoms. The summed E-state index contributed by atoms with van der Waals surface area (Å²) in [6.07, 6.45) is 1.15. The van der Waals surface area contributed by atoms with Crippen LogP contribution in [0.15, 0.2) is 12.3 Å². The fraction of sp³-hybridized carbons (Fsp3) is 0.625. The van der Waals surface area contributed by atoms with Crippen LogP contribution < -0.4 is 5.32 Å². The van der Waals surface area contributed by atoms with Gasteiger partial charge in [0.25, 0.3) is 0 Å². The minimum absolute atomic E-state index is 0.275. The van der Waals surface area contributed by atoms with Crippen molar-refractivity contribution in [2.75, 3.05) is 18.4 Å². The van der Waals surface area contributed by atoms with Crippen molar-refractivity contribution in [3.05, 3.63) is 23.8 Å². The maximum atomic E-state index is 12.7. The molecule has 2 amide bonds. The molecule has 11 heteroatoms. The number of anilines is 1. The number of carbonyl (C=O) groups excluding carboxylic acids is 1. The Labute approximate surface area is 153 Å². The summed E-state index contributed by atoms with van der Waals surface area (Å²) >= 11 is 0. The highest BCUT2D eigenvalue weighted by Crippen LogP contribution is 2.29. The Bertz CT molecular complexity index is 805. The maximum Gasteiger partial charge on any atom is 0.435 e. The Hall–Kier alpha value is -2.59. The molecule has 0 aromatic carbocycles. The summed E-state index contributed by atoms with van der Waals surface area (Å²) < 4.78 is 41.3. The second-order valence-corrected chi connectivity index (χ2v) is 6.88. The van der Waals surface area contributed by atoms with Crippen molar-refractivity contribution < 1.29 is 18.0 Å². The number of carbonyl (C=O) groups is 1. The van der Waals surface area contributed by atoms with Gasteiger partial charge in [-0.1, -0.05) is 0 Å². The summed E-state index contributed by atoms with van der Waals surface area (Å²) in [5.74, 6) is 1.14. The quantitative estimate of drug-likeness (QED) is 0.865. The number of aryl methyl sites for hydroxylation is 2. The second kappa shape index (κ2) is 6.86. The van der Waals surface area contributed by atoms with Gasteiger partial charge < -0.3 is 4.90 Å². The van der Waals surface area contributed by atoms with Crippen LogP contribution in [-0.2, 0) is 19.1 Å². The molecule has 1 unspecified atom stereocenters. The van der Waals surface area contributed by atoms with Gasteiger partial charge in [0.2, 0.25) is 5.95 Å². The molecular formula is C16H20F3N7O. The van der Waals surface area contributed by atoms with Crippen LogP contribution in [0.4, 0.5) is 23.9 Å². The molecule has 0 saturated carbocycles. The van der Waals surface area contributed by atoms with Crippen LogP contribution in [0, 0.1) is 0 Å². The van der Waals surface area contributed by atoms with E-state index in [1.165, 1.54) is 10.9 Å². The molecule has 0 aliphatic carbocycles. The number of halogens is 3. The smallest absolute Gasteiger partial charge is 0.322 e. The largest absolute Gasteiger partial charge is 0.435 e. The first-order chi connectivity index (χ1) is 12.9. The van der Waals surface area contributed by atoms with Gasteiger partial charge in [-0.05, 0) is 31.7 Å². The van der Waals surface area contributed by atoms with Crippen molar-refractivity contribution in [3.63, 3.8) is 0 Å². The van der Waals surface area contributed by atoms with Crippen molar-refractivity contribution in [1.82, 2.24) is 29.4 Å². The number of nitrogens with one attached hydrogen (secondary N) is 1. The van der Waals surface area contributed by atoms with Gasteiger partial charge in [-0.3, -0.25) is 10.00 Å². The predicted molar refractivity (Wildman–Crippen MR) is 89.1 cm³/mol. The monoisotopic (exact) mass is 383 g/mol. The van der Waals surface area contributed by atoms with Gasteiger partial charge in [-0.2, -0.15) is 23.3 Å². The number of amides is 2. The van der Waals surface area contributed by atoms with Crippen LogP contribution in [0.3, 0.4) is 0 Å². The van der Waals surface area contributed by atoms with Crippen LogP contribution in [0.2, 0.25) is 0 Å². The lowest BCUT2D eigenvalue weighted by Crippen LogP contribution is -2.43. The lowest BCUT2D eigenvalue weighted by atomic mass is 10.1. The van der Waals surface area contributed by atoms with E-state index in [4.69, 9.17) is 0 Å². The van der Waals surface area contributed by atoms with Crippen molar-refractivity contribution in [1.29, 1.82) is 0 Å². The number of urea groups is 1. The molecule has 1 N–H and O–H groups in total. The normalized spacial score (nSPS) is 20.4. The summed E-state index contributed by atoms with van der Waals surface area (Å²) in [6, 6.07) is 0.327. The lowest BCUT2D eigenvalue weighted by molar-refractivity contribution is -0.141. The molecule has 2 aliphatic rings. The van der Waals surface area contributed by atoms with Crippen molar-refractivity contribution >= 4 is 12.0 Å². The first-order valence-electron chi connectivity index (χ1n) is 9.02. The third kappa shape index (κ3) is 3.76. The number of aromatic nitrogens is 5. The molecule has 4 heterocycles. The molecule has 27 heavy (non-hydrogen) atoms. The molecule has 1 saturated heterocycles. The second-order valence-electron chi connectivity index (χ2n) is 6.88. The average molecular weight is 383 g/mol. The Morgan fingerprint density at radius 1 is 1.19 bits per heavy atom. The zero-order valence-electron chi connectivity index (χ0n) is 14.6.